The fraction of sp³-hybridized carbons (Fsp3) is 0.120. The van der Waals surface area contributed by atoms with Gasteiger partial charge in [-0.1, -0.05) is 85.8 Å². The maximum atomic E-state index is 12.4. The van der Waals surface area contributed by atoms with Gasteiger partial charge in [0.1, 0.15) is 0 Å². The van der Waals surface area contributed by atoms with Crippen LogP contribution in [0.3, 0.4) is 0 Å². The highest BCUT2D eigenvalue weighted by Crippen LogP contribution is 2.18. The van der Waals surface area contributed by atoms with Crippen LogP contribution in [0, 0.1) is 0 Å². The highest BCUT2D eigenvalue weighted by Gasteiger charge is 2.09. The van der Waals surface area contributed by atoms with E-state index in [1.54, 1.807) is 0 Å². The predicted molar refractivity (Wildman–Crippen MR) is 120 cm³/mol. The topological polar surface area (TPSA) is 53.5 Å². The monoisotopic (exact) mass is 383 g/mol. The number of carbonyl (C=O) groups excluding carboxylic acids is 1. The molecule has 0 radical (unpaired) electrons. The number of aliphatic imine (C=N–C) groups is 1. The second-order valence-corrected chi connectivity index (χ2v) is 6.50. The quantitative estimate of drug-likeness (QED) is 0.516. The van der Waals surface area contributed by atoms with Crippen LogP contribution in [0.5, 0.6) is 0 Å². The van der Waals surface area contributed by atoms with E-state index in [9.17, 15) is 4.79 Å². The Hall–Kier alpha value is -3.66. The third kappa shape index (κ3) is 6.18. The Kier molecular flexibility index (Phi) is 7.35. The van der Waals surface area contributed by atoms with E-state index in [2.05, 4.69) is 10.6 Å². The molecule has 0 aliphatic carbocycles. The highest BCUT2D eigenvalue weighted by molar-refractivity contribution is 6.13. The van der Waals surface area contributed by atoms with E-state index in [0.717, 1.165) is 28.9 Å². The van der Waals surface area contributed by atoms with Gasteiger partial charge in [-0.3, -0.25) is 0 Å². The maximum absolute atomic E-state index is 12.4. The van der Waals surface area contributed by atoms with Crippen molar-refractivity contribution in [1.29, 1.82) is 0 Å². The summed E-state index contributed by atoms with van der Waals surface area (Å²) in [4.78, 5) is 17.2. The smallest absolute Gasteiger partial charge is 0.319 e. The maximum Gasteiger partial charge on any atom is 0.319 e. The first-order valence-corrected chi connectivity index (χ1v) is 9.77. The fourth-order valence-electron chi connectivity index (χ4n) is 2.78. The number of carbonyl (C=O) groups is 1. The number of urea groups is 1. The SMILES string of the molecule is CCCNC(=O)N/C(=C\C(=Nc1ccccc1)c1ccccc1)c1ccccc1. The van der Waals surface area contributed by atoms with Crippen molar-refractivity contribution in [2.24, 2.45) is 4.99 Å². The van der Waals surface area contributed by atoms with Gasteiger partial charge in [-0.05, 0) is 30.2 Å². The number of nitrogens with one attached hydrogen (secondary N) is 2. The minimum absolute atomic E-state index is 0.228. The van der Waals surface area contributed by atoms with Crippen molar-refractivity contribution < 1.29 is 4.79 Å². The Balaban J connectivity index is 2.04. The zero-order chi connectivity index (χ0) is 20.3. The largest absolute Gasteiger partial charge is 0.338 e. The molecule has 0 unspecified atom stereocenters. The summed E-state index contributed by atoms with van der Waals surface area (Å²) in [5.74, 6) is 0. The number of amides is 2. The zero-order valence-electron chi connectivity index (χ0n) is 16.5. The van der Waals surface area contributed by atoms with E-state index in [-0.39, 0.29) is 6.03 Å². The van der Waals surface area contributed by atoms with Crippen LogP contribution in [0.15, 0.2) is 102 Å². The van der Waals surface area contributed by atoms with Gasteiger partial charge in [0, 0.05) is 12.1 Å². The lowest BCUT2D eigenvalue weighted by atomic mass is 10.1. The Labute approximate surface area is 172 Å². The molecule has 0 aromatic heterocycles. The van der Waals surface area contributed by atoms with Crippen molar-refractivity contribution in [3.05, 3.63) is 108 Å². The standard InChI is InChI=1S/C25H25N3O/c1-2-18-26-25(29)28-24(21-14-8-4-9-15-21)19-23(20-12-6-3-7-13-20)27-22-16-10-5-11-17-22/h3-17,19H,2,18H2,1H3,(H2,26,28,29)/b24-19-,27-23?. The molecular formula is C25H25N3O. The summed E-state index contributed by atoms with van der Waals surface area (Å²) in [6.07, 6.45) is 2.80. The molecule has 0 aliphatic heterocycles. The van der Waals surface area contributed by atoms with Crippen LogP contribution < -0.4 is 10.6 Å². The zero-order valence-corrected chi connectivity index (χ0v) is 16.5. The number of para-hydroxylation sites is 1. The second kappa shape index (κ2) is 10.6. The van der Waals surface area contributed by atoms with Crippen molar-refractivity contribution >= 4 is 23.1 Å². The van der Waals surface area contributed by atoms with Gasteiger partial charge >= 0.3 is 6.03 Å². The number of hydrogen-bond acceptors (Lipinski definition) is 2. The lowest BCUT2D eigenvalue weighted by Gasteiger charge is -2.13. The molecule has 0 fully saturated rings. The summed E-state index contributed by atoms with van der Waals surface area (Å²) in [5, 5.41) is 5.85. The minimum atomic E-state index is -0.228. The van der Waals surface area contributed by atoms with E-state index < -0.39 is 0 Å². The van der Waals surface area contributed by atoms with Gasteiger partial charge in [0.2, 0.25) is 0 Å². The molecule has 0 spiro atoms. The third-order valence-corrected chi connectivity index (χ3v) is 4.22. The molecule has 2 N–H and O–H groups in total. The molecule has 4 heteroatoms. The number of allylic oxidation sites excluding steroid dienone is 1. The Morgan fingerprint density at radius 2 is 1.38 bits per heavy atom. The molecule has 3 aromatic rings. The van der Waals surface area contributed by atoms with Crippen molar-refractivity contribution in [2.45, 2.75) is 13.3 Å². The minimum Gasteiger partial charge on any atom is -0.338 e. The van der Waals surface area contributed by atoms with Gasteiger partial charge in [-0.2, -0.15) is 0 Å². The van der Waals surface area contributed by atoms with E-state index in [4.69, 9.17) is 4.99 Å². The summed E-state index contributed by atoms with van der Waals surface area (Å²) >= 11 is 0. The first-order valence-electron chi connectivity index (χ1n) is 9.77. The lowest BCUT2D eigenvalue weighted by Crippen LogP contribution is -2.35. The molecule has 29 heavy (non-hydrogen) atoms. The molecule has 0 heterocycles. The number of hydrogen-bond donors (Lipinski definition) is 2. The van der Waals surface area contributed by atoms with E-state index in [1.807, 2.05) is 104 Å². The molecule has 0 saturated carbocycles. The summed E-state index contributed by atoms with van der Waals surface area (Å²) in [5.41, 5.74) is 4.20. The molecular weight excluding hydrogens is 358 g/mol. The summed E-state index contributed by atoms with van der Waals surface area (Å²) in [7, 11) is 0. The summed E-state index contributed by atoms with van der Waals surface area (Å²) < 4.78 is 0. The van der Waals surface area contributed by atoms with Gasteiger partial charge < -0.3 is 10.6 Å². The van der Waals surface area contributed by atoms with Gasteiger partial charge in [0.15, 0.2) is 0 Å². The van der Waals surface area contributed by atoms with Crippen LogP contribution in [-0.4, -0.2) is 18.3 Å². The van der Waals surface area contributed by atoms with Gasteiger partial charge in [-0.15, -0.1) is 0 Å². The molecule has 0 atom stereocenters. The molecule has 3 aromatic carbocycles. The summed E-state index contributed by atoms with van der Waals surface area (Å²) in [6.45, 7) is 2.64. The first kappa shape index (κ1) is 20.1. The van der Waals surface area contributed by atoms with Crippen LogP contribution in [0.1, 0.15) is 24.5 Å². The van der Waals surface area contributed by atoms with E-state index in [1.165, 1.54) is 0 Å². The average molecular weight is 383 g/mol. The molecule has 2 amide bonds. The molecule has 0 aliphatic rings. The normalized spacial score (nSPS) is 11.8. The molecule has 3 rings (SSSR count). The Bertz CT molecular complexity index is 965. The van der Waals surface area contributed by atoms with Crippen molar-refractivity contribution in [3.8, 4) is 0 Å². The van der Waals surface area contributed by atoms with Gasteiger partial charge in [0.25, 0.3) is 0 Å². The van der Waals surface area contributed by atoms with Crippen LogP contribution in [0.4, 0.5) is 10.5 Å². The number of nitrogens with zero attached hydrogens (tertiary/aromatic N) is 1. The molecule has 4 nitrogen and oxygen atoms in total. The Morgan fingerprint density at radius 1 is 0.828 bits per heavy atom. The average Bonchev–Trinajstić information content (AvgIpc) is 2.78. The van der Waals surface area contributed by atoms with Crippen molar-refractivity contribution in [3.63, 3.8) is 0 Å². The number of benzene rings is 3. The van der Waals surface area contributed by atoms with Gasteiger partial charge in [0.05, 0.1) is 17.1 Å². The van der Waals surface area contributed by atoms with Crippen LogP contribution in [0.25, 0.3) is 5.70 Å². The van der Waals surface area contributed by atoms with Crippen molar-refractivity contribution in [2.75, 3.05) is 6.54 Å². The van der Waals surface area contributed by atoms with Gasteiger partial charge in [-0.25, -0.2) is 9.79 Å². The lowest BCUT2D eigenvalue weighted by molar-refractivity contribution is 0.245. The van der Waals surface area contributed by atoms with E-state index in [0.29, 0.717) is 12.2 Å². The summed E-state index contributed by atoms with van der Waals surface area (Å²) in [6, 6.07) is 29.3. The van der Waals surface area contributed by atoms with Crippen LogP contribution in [-0.2, 0) is 0 Å². The predicted octanol–water partition coefficient (Wildman–Crippen LogP) is 5.56. The molecule has 0 bridgehead atoms. The second-order valence-electron chi connectivity index (χ2n) is 6.50. The van der Waals surface area contributed by atoms with Crippen LogP contribution in [0.2, 0.25) is 0 Å². The molecule has 0 saturated heterocycles. The van der Waals surface area contributed by atoms with Crippen LogP contribution >= 0.6 is 0 Å². The fourth-order valence-corrected chi connectivity index (χ4v) is 2.78. The van der Waals surface area contributed by atoms with Crippen molar-refractivity contribution in [1.82, 2.24) is 10.6 Å². The molecule has 146 valence electrons. The van der Waals surface area contributed by atoms with E-state index >= 15 is 0 Å². The number of rotatable bonds is 7. The Morgan fingerprint density at radius 3 is 1.97 bits per heavy atom. The first-order chi connectivity index (χ1) is 14.3. The third-order valence-electron chi connectivity index (χ3n) is 4.22. The highest BCUT2D eigenvalue weighted by atomic mass is 16.2.